The molecule has 2 amide bonds. The summed E-state index contributed by atoms with van der Waals surface area (Å²) in [6.07, 6.45) is 1.86. The highest BCUT2D eigenvalue weighted by molar-refractivity contribution is 8.05. The van der Waals surface area contributed by atoms with Crippen molar-refractivity contribution in [2.24, 2.45) is 0 Å². The van der Waals surface area contributed by atoms with Crippen LogP contribution in [0, 0.1) is 18.3 Å². The smallest absolute Gasteiger partial charge is 0.265 e. The molecule has 1 aliphatic heterocycles. The summed E-state index contributed by atoms with van der Waals surface area (Å²) in [5, 5.41) is 13.1. The maximum Gasteiger partial charge on any atom is 0.265 e. The second-order valence-electron chi connectivity index (χ2n) is 7.62. The summed E-state index contributed by atoms with van der Waals surface area (Å²) >= 11 is 13.4. The van der Waals surface area contributed by atoms with Crippen LogP contribution in [0.3, 0.4) is 0 Å². The van der Waals surface area contributed by atoms with Gasteiger partial charge >= 0.3 is 0 Å². The van der Waals surface area contributed by atoms with Crippen molar-refractivity contribution >= 4 is 52.5 Å². The van der Waals surface area contributed by atoms with Gasteiger partial charge in [0.1, 0.15) is 22.4 Å². The molecule has 0 aliphatic carbocycles. The van der Waals surface area contributed by atoms with Crippen LogP contribution in [-0.4, -0.2) is 17.1 Å². The summed E-state index contributed by atoms with van der Waals surface area (Å²) in [5.74, 6) is -0.248. The highest BCUT2D eigenvalue weighted by Crippen LogP contribution is 2.42. The average molecular weight is 512 g/mol. The Labute approximate surface area is 211 Å². The van der Waals surface area contributed by atoms with E-state index in [4.69, 9.17) is 27.6 Å². The second-order valence-corrected chi connectivity index (χ2v) is 9.63. The Kier molecular flexibility index (Phi) is 7.32. The molecule has 1 aliphatic rings. The van der Waals surface area contributed by atoms with Crippen LogP contribution in [0.2, 0.25) is 10.0 Å². The molecule has 3 aromatic rings. The number of hydrogen-bond donors (Lipinski definition) is 1. The molecule has 34 heavy (non-hydrogen) atoms. The van der Waals surface area contributed by atoms with Crippen molar-refractivity contribution in [1.29, 1.82) is 5.26 Å². The number of benzene rings is 2. The van der Waals surface area contributed by atoms with Gasteiger partial charge in [0.25, 0.3) is 5.91 Å². The Morgan fingerprint density at radius 3 is 2.59 bits per heavy atom. The van der Waals surface area contributed by atoms with Gasteiger partial charge in [-0.3, -0.25) is 14.5 Å². The summed E-state index contributed by atoms with van der Waals surface area (Å²) in [6.45, 7) is 2.07. The lowest BCUT2D eigenvalue weighted by Crippen LogP contribution is -2.32. The minimum atomic E-state index is -0.582. The Morgan fingerprint density at radius 1 is 1.18 bits per heavy atom. The Bertz CT molecular complexity index is 1300. The SMILES string of the molecule is Cc1ccc(N2C(=O)C(Cc3ccc(Cl)c(Cl)c3)S/C2=C(\C#N)C(=O)NCc2ccco2)cc1. The molecule has 0 bridgehead atoms. The van der Waals surface area contributed by atoms with Crippen LogP contribution in [0.15, 0.2) is 75.9 Å². The van der Waals surface area contributed by atoms with Gasteiger partial charge in [0.05, 0.1) is 28.1 Å². The van der Waals surface area contributed by atoms with Crippen LogP contribution >= 0.6 is 35.0 Å². The topological polar surface area (TPSA) is 86.3 Å². The molecule has 6 nitrogen and oxygen atoms in total. The minimum Gasteiger partial charge on any atom is -0.467 e. The summed E-state index contributed by atoms with van der Waals surface area (Å²) in [5.41, 5.74) is 2.30. The predicted molar refractivity (Wildman–Crippen MR) is 133 cm³/mol. The molecule has 2 aromatic carbocycles. The number of carbonyl (C=O) groups excluding carboxylic acids is 2. The molecule has 1 atom stereocenters. The van der Waals surface area contributed by atoms with E-state index < -0.39 is 11.2 Å². The van der Waals surface area contributed by atoms with Gasteiger partial charge < -0.3 is 9.73 Å². The highest BCUT2D eigenvalue weighted by Gasteiger charge is 2.40. The molecular formula is C25H19Cl2N3O3S. The number of thioether (sulfide) groups is 1. The summed E-state index contributed by atoms with van der Waals surface area (Å²) in [7, 11) is 0. The molecule has 1 fully saturated rings. The number of anilines is 1. The Balaban J connectivity index is 1.68. The van der Waals surface area contributed by atoms with E-state index in [1.54, 1.807) is 42.5 Å². The number of rotatable bonds is 6. The first-order valence-corrected chi connectivity index (χ1v) is 12.0. The van der Waals surface area contributed by atoms with E-state index in [-0.39, 0.29) is 18.0 Å². The lowest BCUT2D eigenvalue weighted by atomic mass is 10.1. The maximum atomic E-state index is 13.5. The number of furan rings is 1. The zero-order valence-electron chi connectivity index (χ0n) is 18.0. The van der Waals surface area contributed by atoms with E-state index in [0.29, 0.717) is 32.9 Å². The van der Waals surface area contributed by atoms with Crippen molar-refractivity contribution in [3.8, 4) is 6.07 Å². The standard InChI is InChI=1S/C25H19Cl2N3O3S/c1-15-4-7-17(8-5-15)30-24(32)22(12-16-6-9-20(26)21(27)11-16)34-25(30)19(13-28)23(31)29-14-18-3-2-10-33-18/h2-11,22H,12,14H2,1H3,(H,29,31)/b25-19+. The van der Waals surface area contributed by atoms with Crippen molar-refractivity contribution in [2.75, 3.05) is 4.90 Å². The Hall–Kier alpha value is -3.18. The first-order valence-electron chi connectivity index (χ1n) is 10.3. The molecule has 1 unspecified atom stereocenters. The molecule has 1 saturated heterocycles. The third-order valence-corrected chi connectivity index (χ3v) is 7.21. The van der Waals surface area contributed by atoms with Gasteiger partial charge in [-0.1, -0.05) is 58.7 Å². The average Bonchev–Trinajstić information content (AvgIpc) is 3.45. The van der Waals surface area contributed by atoms with Crippen molar-refractivity contribution in [3.05, 3.63) is 98.4 Å². The Morgan fingerprint density at radius 2 is 1.94 bits per heavy atom. The number of aryl methyl sites for hydroxylation is 1. The largest absolute Gasteiger partial charge is 0.467 e. The number of amides is 2. The van der Waals surface area contributed by atoms with E-state index in [0.717, 1.165) is 11.1 Å². The molecule has 1 aromatic heterocycles. The van der Waals surface area contributed by atoms with Gasteiger partial charge in [-0.25, -0.2) is 0 Å². The quantitative estimate of drug-likeness (QED) is 0.342. The van der Waals surface area contributed by atoms with Crippen molar-refractivity contribution in [2.45, 2.75) is 25.1 Å². The van der Waals surface area contributed by atoms with E-state index >= 15 is 0 Å². The predicted octanol–water partition coefficient (Wildman–Crippen LogP) is 5.64. The first kappa shape index (κ1) is 24.0. The van der Waals surface area contributed by atoms with E-state index in [9.17, 15) is 14.9 Å². The third kappa shape index (κ3) is 5.15. The number of nitrogens with one attached hydrogen (secondary N) is 1. The van der Waals surface area contributed by atoms with Gasteiger partial charge in [-0.2, -0.15) is 5.26 Å². The van der Waals surface area contributed by atoms with Gasteiger partial charge in [0.15, 0.2) is 0 Å². The molecule has 0 saturated carbocycles. The van der Waals surface area contributed by atoms with Gasteiger partial charge in [-0.15, -0.1) is 0 Å². The summed E-state index contributed by atoms with van der Waals surface area (Å²) < 4.78 is 5.24. The highest BCUT2D eigenvalue weighted by atomic mass is 35.5. The number of carbonyl (C=O) groups is 2. The molecule has 0 spiro atoms. The van der Waals surface area contributed by atoms with Gasteiger partial charge in [-0.05, 0) is 55.3 Å². The second kappa shape index (κ2) is 10.4. The molecular weight excluding hydrogens is 493 g/mol. The first-order chi connectivity index (χ1) is 16.4. The molecule has 4 rings (SSSR count). The van der Waals surface area contributed by atoms with Crippen LogP contribution in [0.25, 0.3) is 0 Å². The fraction of sp³-hybridized carbons (Fsp3) is 0.160. The monoisotopic (exact) mass is 511 g/mol. The lowest BCUT2D eigenvalue weighted by Gasteiger charge is -2.19. The van der Waals surface area contributed by atoms with Crippen LogP contribution in [0.4, 0.5) is 5.69 Å². The fourth-order valence-corrected chi connectivity index (χ4v) is 5.09. The number of nitrogens with zero attached hydrogens (tertiary/aromatic N) is 2. The number of halogens is 2. The summed E-state index contributed by atoms with van der Waals surface area (Å²) in [4.78, 5) is 27.9. The van der Waals surface area contributed by atoms with Crippen LogP contribution in [0.1, 0.15) is 16.9 Å². The normalized spacial score (nSPS) is 16.9. The fourth-order valence-electron chi connectivity index (χ4n) is 3.47. The van der Waals surface area contributed by atoms with E-state index in [1.165, 1.54) is 22.9 Å². The van der Waals surface area contributed by atoms with Crippen molar-refractivity contribution in [1.82, 2.24) is 5.32 Å². The molecule has 172 valence electrons. The zero-order chi connectivity index (χ0) is 24.2. The van der Waals surface area contributed by atoms with E-state index in [1.807, 2.05) is 25.1 Å². The lowest BCUT2D eigenvalue weighted by molar-refractivity contribution is -0.117. The molecule has 2 heterocycles. The van der Waals surface area contributed by atoms with Crippen LogP contribution < -0.4 is 10.2 Å². The number of hydrogen-bond acceptors (Lipinski definition) is 5. The number of nitriles is 1. The van der Waals surface area contributed by atoms with E-state index in [2.05, 4.69) is 5.32 Å². The molecule has 1 N–H and O–H groups in total. The van der Waals surface area contributed by atoms with Crippen LogP contribution in [-0.2, 0) is 22.6 Å². The van der Waals surface area contributed by atoms with Crippen molar-refractivity contribution < 1.29 is 14.0 Å². The summed E-state index contributed by atoms with van der Waals surface area (Å²) in [6, 6.07) is 18.0. The molecule has 9 heteroatoms. The maximum absolute atomic E-state index is 13.5. The van der Waals surface area contributed by atoms with Gasteiger partial charge in [0.2, 0.25) is 5.91 Å². The molecule has 0 radical (unpaired) electrons. The van der Waals surface area contributed by atoms with Crippen molar-refractivity contribution in [3.63, 3.8) is 0 Å². The van der Waals surface area contributed by atoms with Gasteiger partial charge in [0, 0.05) is 5.69 Å². The minimum absolute atomic E-state index is 0.125. The zero-order valence-corrected chi connectivity index (χ0v) is 20.4. The van der Waals surface area contributed by atoms with Crippen LogP contribution in [0.5, 0.6) is 0 Å². The third-order valence-electron chi connectivity index (χ3n) is 5.21.